The maximum absolute atomic E-state index is 12.6. The topological polar surface area (TPSA) is 92.4 Å². The summed E-state index contributed by atoms with van der Waals surface area (Å²) in [5.74, 6) is -0.505. The van der Waals surface area contributed by atoms with Crippen molar-refractivity contribution in [2.45, 2.75) is 31.7 Å². The Morgan fingerprint density at radius 3 is 2.52 bits per heavy atom. The summed E-state index contributed by atoms with van der Waals surface area (Å²) < 4.78 is 0. The lowest BCUT2D eigenvalue weighted by Crippen LogP contribution is -2.42. The molecule has 0 spiro atoms. The van der Waals surface area contributed by atoms with Crippen LogP contribution in [0.4, 0.5) is 0 Å². The van der Waals surface area contributed by atoms with Gasteiger partial charge < -0.3 is 10.6 Å². The second kappa shape index (κ2) is 6.62. The van der Waals surface area contributed by atoms with Gasteiger partial charge >= 0.3 is 0 Å². The normalized spacial score (nSPS) is 23.2. The molecule has 2 aliphatic heterocycles. The number of hydrogen-bond acceptors (Lipinski definition) is 5. The molecule has 7 nitrogen and oxygen atoms in total. The van der Waals surface area contributed by atoms with E-state index in [1.165, 1.54) is 6.20 Å². The average molecular weight is 317 g/mol. The van der Waals surface area contributed by atoms with E-state index in [0.717, 1.165) is 25.1 Å². The Balaban J connectivity index is 1.69. The molecule has 2 saturated heterocycles. The van der Waals surface area contributed by atoms with Crippen LogP contribution in [0.25, 0.3) is 0 Å². The molecule has 3 rings (SSSR count). The smallest absolute Gasteiger partial charge is 0.274 e. The predicted octanol–water partition coefficient (Wildman–Crippen LogP) is 0.581. The zero-order valence-electron chi connectivity index (χ0n) is 13.4. The van der Waals surface area contributed by atoms with E-state index in [-0.39, 0.29) is 23.8 Å². The number of carbonyl (C=O) groups excluding carboxylic acids is 2. The van der Waals surface area contributed by atoms with Crippen molar-refractivity contribution in [1.82, 2.24) is 19.8 Å². The molecule has 1 unspecified atom stereocenters. The van der Waals surface area contributed by atoms with Crippen molar-refractivity contribution in [1.29, 1.82) is 0 Å². The number of nitrogens with zero attached hydrogens (tertiary/aromatic N) is 4. The van der Waals surface area contributed by atoms with E-state index in [2.05, 4.69) is 21.9 Å². The third-order valence-corrected chi connectivity index (χ3v) is 4.92. The van der Waals surface area contributed by atoms with Crippen LogP contribution in [-0.2, 0) is 4.79 Å². The second-order valence-corrected chi connectivity index (χ2v) is 6.44. The molecular formula is C16H23N5O2. The van der Waals surface area contributed by atoms with E-state index in [0.29, 0.717) is 31.6 Å². The van der Waals surface area contributed by atoms with Gasteiger partial charge in [-0.1, -0.05) is 0 Å². The third kappa shape index (κ3) is 3.34. The quantitative estimate of drug-likeness (QED) is 0.880. The molecule has 0 bridgehead atoms. The summed E-state index contributed by atoms with van der Waals surface area (Å²) in [6.07, 6.45) is 6.72. The Morgan fingerprint density at radius 2 is 1.91 bits per heavy atom. The van der Waals surface area contributed by atoms with E-state index < -0.39 is 0 Å². The molecule has 3 heterocycles. The summed E-state index contributed by atoms with van der Waals surface area (Å²) in [7, 11) is 2.07. The first-order valence-corrected chi connectivity index (χ1v) is 8.17. The maximum atomic E-state index is 12.6. The SMILES string of the molecule is CN1CCCC1c1cncc(C(=O)N2CCC(C(N)=O)CC2)n1. The molecule has 0 saturated carbocycles. The Kier molecular flexibility index (Phi) is 4.56. The number of aromatic nitrogens is 2. The maximum Gasteiger partial charge on any atom is 0.274 e. The van der Waals surface area contributed by atoms with E-state index in [4.69, 9.17) is 5.73 Å². The fourth-order valence-corrected chi connectivity index (χ4v) is 3.46. The highest BCUT2D eigenvalue weighted by Gasteiger charge is 2.29. The molecule has 2 amide bonds. The Labute approximate surface area is 135 Å². The van der Waals surface area contributed by atoms with Crippen LogP contribution in [0.1, 0.15) is 47.9 Å². The molecule has 2 aliphatic rings. The fraction of sp³-hybridized carbons (Fsp3) is 0.625. The van der Waals surface area contributed by atoms with Gasteiger partial charge in [-0.15, -0.1) is 0 Å². The van der Waals surface area contributed by atoms with Crippen LogP contribution in [0.5, 0.6) is 0 Å². The van der Waals surface area contributed by atoms with Crippen LogP contribution in [0, 0.1) is 5.92 Å². The molecule has 0 aliphatic carbocycles. The number of carbonyl (C=O) groups is 2. The molecule has 7 heteroatoms. The van der Waals surface area contributed by atoms with Gasteiger partial charge in [0, 0.05) is 19.0 Å². The van der Waals surface area contributed by atoms with Crippen LogP contribution in [-0.4, -0.2) is 58.3 Å². The van der Waals surface area contributed by atoms with Gasteiger partial charge in [-0.25, -0.2) is 4.98 Å². The highest BCUT2D eigenvalue weighted by atomic mass is 16.2. The average Bonchev–Trinajstić information content (AvgIpc) is 3.00. The summed E-state index contributed by atoms with van der Waals surface area (Å²) in [6.45, 7) is 2.13. The minimum Gasteiger partial charge on any atom is -0.369 e. The van der Waals surface area contributed by atoms with Crippen LogP contribution >= 0.6 is 0 Å². The zero-order valence-corrected chi connectivity index (χ0v) is 13.4. The number of amides is 2. The fourth-order valence-electron chi connectivity index (χ4n) is 3.46. The van der Waals surface area contributed by atoms with Crippen LogP contribution in [0.2, 0.25) is 0 Å². The van der Waals surface area contributed by atoms with Crippen molar-refractivity contribution in [2.24, 2.45) is 11.7 Å². The Bertz CT molecular complexity index is 598. The first-order valence-electron chi connectivity index (χ1n) is 8.17. The number of likely N-dealkylation sites (tertiary alicyclic amines) is 2. The summed E-state index contributed by atoms with van der Waals surface area (Å²) in [6, 6.07) is 0.246. The molecular weight excluding hydrogens is 294 g/mol. The first kappa shape index (κ1) is 15.9. The number of piperidine rings is 1. The lowest BCUT2D eigenvalue weighted by molar-refractivity contribution is -0.123. The first-order chi connectivity index (χ1) is 11.1. The van der Waals surface area contributed by atoms with Crippen molar-refractivity contribution in [3.63, 3.8) is 0 Å². The highest BCUT2D eigenvalue weighted by molar-refractivity contribution is 5.92. The Hall–Kier alpha value is -2.02. The number of hydrogen-bond donors (Lipinski definition) is 1. The summed E-state index contributed by atoms with van der Waals surface area (Å²) in [4.78, 5) is 36.6. The van der Waals surface area contributed by atoms with Crippen LogP contribution < -0.4 is 5.73 Å². The van der Waals surface area contributed by atoms with Gasteiger partial charge in [0.1, 0.15) is 5.69 Å². The molecule has 2 N–H and O–H groups in total. The molecule has 0 radical (unpaired) electrons. The summed E-state index contributed by atoms with van der Waals surface area (Å²) >= 11 is 0. The largest absolute Gasteiger partial charge is 0.369 e. The Morgan fingerprint density at radius 1 is 1.17 bits per heavy atom. The number of nitrogens with two attached hydrogens (primary N) is 1. The van der Waals surface area contributed by atoms with Crippen molar-refractivity contribution in [2.75, 3.05) is 26.7 Å². The molecule has 1 atom stereocenters. The summed E-state index contributed by atoms with van der Waals surface area (Å²) in [5.41, 5.74) is 6.59. The van der Waals surface area contributed by atoms with Gasteiger partial charge in [0.15, 0.2) is 0 Å². The summed E-state index contributed by atoms with van der Waals surface area (Å²) in [5, 5.41) is 0. The molecule has 2 fully saturated rings. The van der Waals surface area contributed by atoms with Crippen molar-refractivity contribution >= 4 is 11.8 Å². The van der Waals surface area contributed by atoms with Crippen molar-refractivity contribution in [3.8, 4) is 0 Å². The molecule has 124 valence electrons. The minimum absolute atomic E-state index is 0.108. The van der Waals surface area contributed by atoms with Gasteiger partial charge in [-0.3, -0.25) is 19.5 Å². The van der Waals surface area contributed by atoms with Crippen LogP contribution in [0.3, 0.4) is 0 Å². The number of rotatable bonds is 3. The second-order valence-electron chi connectivity index (χ2n) is 6.44. The molecule has 1 aromatic heterocycles. The van der Waals surface area contributed by atoms with Crippen molar-refractivity contribution in [3.05, 3.63) is 23.8 Å². The number of primary amides is 1. The van der Waals surface area contributed by atoms with Gasteiger partial charge in [-0.05, 0) is 39.3 Å². The molecule has 1 aromatic rings. The van der Waals surface area contributed by atoms with E-state index >= 15 is 0 Å². The molecule has 0 aromatic carbocycles. The monoisotopic (exact) mass is 317 g/mol. The standard InChI is InChI=1S/C16H23N5O2/c1-20-6-2-3-14(20)12-9-18-10-13(19-12)16(23)21-7-4-11(5-8-21)15(17)22/h9-11,14H,2-8H2,1H3,(H2,17,22). The third-order valence-electron chi connectivity index (χ3n) is 4.92. The highest BCUT2D eigenvalue weighted by Crippen LogP contribution is 2.28. The predicted molar refractivity (Wildman–Crippen MR) is 84.5 cm³/mol. The lowest BCUT2D eigenvalue weighted by Gasteiger charge is -2.30. The van der Waals surface area contributed by atoms with E-state index in [1.54, 1.807) is 11.1 Å². The zero-order chi connectivity index (χ0) is 16.4. The molecule has 23 heavy (non-hydrogen) atoms. The van der Waals surface area contributed by atoms with Crippen LogP contribution in [0.15, 0.2) is 12.4 Å². The van der Waals surface area contributed by atoms with E-state index in [1.807, 2.05) is 0 Å². The van der Waals surface area contributed by atoms with Gasteiger partial charge in [-0.2, -0.15) is 0 Å². The van der Waals surface area contributed by atoms with Gasteiger partial charge in [0.2, 0.25) is 5.91 Å². The lowest BCUT2D eigenvalue weighted by atomic mass is 9.96. The minimum atomic E-state index is -0.275. The van der Waals surface area contributed by atoms with Gasteiger partial charge in [0.05, 0.1) is 24.1 Å². The van der Waals surface area contributed by atoms with Crippen molar-refractivity contribution < 1.29 is 9.59 Å². The van der Waals surface area contributed by atoms with E-state index in [9.17, 15) is 9.59 Å². The van der Waals surface area contributed by atoms with Gasteiger partial charge in [0.25, 0.3) is 5.91 Å².